The zero-order valence-electron chi connectivity index (χ0n) is 10.2. The van der Waals surface area contributed by atoms with Gasteiger partial charge in [0.25, 0.3) is 0 Å². The van der Waals surface area contributed by atoms with Gasteiger partial charge in [-0.2, -0.15) is 0 Å². The van der Waals surface area contributed by atoms with E-state index in [1.807, 2.05) is 30.3 Å². The molecule has 5 heteroatoms. The van der Waals surface area contributed by atoms with Gasteiger partial charge >= 0.3 is 0 Å². The van der Waals surface area contributed by atoms with Crippen LogP contribution in [-0.2, 0) is 15.8 Å². The van der Waals surface area contributed by atoms with Gasteiger partial charge in [-0.1, -0.05) is 42.0 Å². The second kappa shape index (κ2) is 6.13. The number of rotatable bonds is 5. The van der Waals surface area contributed by atoms with Gasteiger partial charge in [0.05, 0.1) is 5.75 Å². The molecule has 18 heavy (non-hydrogen) atoms. The normalized spacial score (nSPS) is 16.3. The fourth-order valence-corrected chi connectivity index (χ4v) is 3.02. The predicted octanol–water partition coefficient (Wildman–Crippen LogP) is 1.03. The zero-order chi connectivity index (χ0) is 12.8. The number of hydrogen-bond acceptors (Lipinski definition) is 3. The predicted molar refractivity (Wildman–Crippen MR) is 72.6 cm³/mol. The quantitative estimate of drug-likeness (QED) is 0.783. The Balaban J connectivity index is 1.89. The monoisotopic (exact) mass is 266 g/mol. The molecule has 0 amide bonds. The Hall–Kier alpha value is -1.17. The summed E-state index contributed by atoms with van der Waals surface area (Å²) in [5.74, 6) is 0.0410. The highest BCUT2D eigenvalue weighted by Gasteiger charge is 2.12. The van der Waals surface area contributed by atoms with Crippen molar-refractivity contribution in [3.63, 3.8) is 0 Å². The van der Waals surface area contributed by atoms with Crippen LogP contribution in [0.15, 0.2) is 42.0 Å². The molecule has 0 saturated heterocycles. The molecule has 1 aromatic carbocycles. The molecule has 98 valence electrons. The van der Waals surface area contributed by atoms with Crippen molar-refractivity contribution in [1.29, 1.82) is 0 Å². The summed E-state index contributed by atoms with van der Waals surface area (Å²) in [6.45, 7) is 2.18. The summed E-state index contributed by atoms with van der Waals surface area (Å²) >= 11 is 0. The third kappa shape index (κ3) is 4.25. The lowest BCUT2D eigenvalue weighted by Gasteiger charge is -2.14. The molecule has 4 nitrogen and oxygen atoms in total. The Bertz CT molecular complexity index is 509. The molecule has 0 saturated carbocycles. The number of nitrogens with one attached hydrogen (secondary N) is 2. The van der Waals surface area contributed by atoms with E-state index in [2.05, 4.69) is 16.1 Å². The molecule has 0 unspecified atom stereocenters. The van der Waals surface area contributed by atoms with E-state index in [4.69, 9.17) is 0 Å². The first-order valence-corrected chi connectivity index (χ1v) is 7.71. The fraction of sp³-hybridized carbons (Fsp3) is 0.385. The molecule has 0 spiro atoms. The van der Waals surface area contributed by atoms with Gasteiger partial charge in [-0.15, -0.1) is 0 Å². The van der Waals surface area contributed by atoms with Gasteiger partial charge in [-0.05, 0) is 18.5 Å². The molecule has 2 N–H and O–H groups in total. The van der Waals surface area contributed by atoms with Crippen LogP contribution in [0.3, 0.4) is 0 Å². The number of benzene rings is 1. The average Bonchev–Trinajstić information content (AvgIpc) is 2.38. The van der Waals surface area contributed by atoms with Crippen LogP contribution in [0.5, 0.6) is 0 Å². The van der Waals surface area contributed by atoms with E-state index < -0.39 is 10.0 Å². The van der Waals surface area contributed by atoms with E-state index in [0.717, 1.165) is 30.6 Å². The second-order valence-electron chi connectivity index (χ2n) is 4.38. The molecule has 1 aliphatic rings. The second-order valence-corrected chi connectivity index (χ2v) is 6.19. The lowest BCUT2D eigenvalue weighted by molar-refractivity contribution is 0.581. The molecule has 2 rings (SSSR count). The van der Waals surface area contributed by atoms with Crippen molar-refractivity contribution < 1.29 is 8.42 Å². The van der Waals surface area contributed by atoms with Crippen LogP contribution in [0.1, 0.15) is 12.0 Å². The van der Waals surface area contributed by atoms with Crippen molar-refractivity contribution in [3.05, 3.63) is 47.5 Å². The molecule has 0 atom stereocenters. The van der Waals surface area contributed by atoms with Gasteiger partial charge in [-0.3, -0.25) is 0 Å². The molecule has 0 aromatic heterocycles. The van der Waals surface area contributed by atoms with Gasteiger partial charge in [0, 0.05) is 13.1 Å². The summed E-state index contributed by atoms with van der Waals surface area (Å²) < 4.78 is 26.4. The van der Waals surface area contributed by atoms with Crippen LogP contribution in [-0.4, -0.2) is 28.1 Å². The highest BCUT2D eigenvalue weighted by Crippen LogP contribution is 2.06. The lowest BCUT2D eigenvalue weighted by atomic mass is 10.1. The lowest BCUT2D eigenvalue weighted by Crippen LogP contribution is -2.30. The van der Waals surface area contributed by atoms with Crippen LogP contribution in [0, 0.1) is 0 Å². The first-order chi connectivity index (χ1) is 8.66. The molecular formula is C13H18N2O2S. The standard InChI is InChI=1S/C13H18N2O2S/c16-18(17,11-13-4-2-1-3-5-13)15-10-12-6-8-14-9-7-12/h1-6,14-15H,7-11H2. The Labute approximate surface area is 108 Å². The fourth-order valence-electron chi connectivity index (χ4n) is 1.88. The van der Waals surface area contributed by atoms with E-state index in [9.17, 15) is 8.42 Å². The van der Waals surface area contributed by atoms with Crippen LogP contribution >= 0.6 is 0 Å². The van der Waals surface area contributed by atoms with Gasteiger partial charge in [-0.25, -0.2) is 13.1 Å². The molecule has 1 aromatic rings. The topological polar surface area (TPSA) is 58.2 Å². The van der Waals surface area contributed by atoms with Gasteiger partial charge in [0.1, 0.15) is 0 Å². The van der Waals surface area contributed by atoms with Crippen LogP contribution in [0.4, 0.5) is 0 Å². The smallest absolute Gasteiger partial charge is 0.216 e. The maximum atomic E-state index is 11.9. The van der Waals surface area contributed by atoms with Gasteiger partial charge < -0.3 is 5.32 Å². The minimum atomic E-state index is -3.25. The zero-order valence-corrected chi connectivity index (χ0v) is 11.0. The summed E-state index contributed by atoms with van der Waals surface area (Å²) in [5, 5.41) is 3.20. The van der Waals surface area contributed by atoms with E-state index in [-0.39, 0.29) is 5.75 Å². The minimum Gasteiger partial charge on any atom is -0.313 e. The average molecular weight is 266 g/mol. The molecule has 0 fully saturated rings. The van der Waals surface area contributed by atoms with E-state index in [0.29, 0.717) is 6.54 Å². The van der Waals surface area contributed by atoms with Crippen molar-refractivity contribution in [1.82, 2.24) is 10.0 Å². The summed E-state index contributed by atoms with van der Waals surface area (Å²) in [7, 11) is -3.25. The molecule has 0 radical (unpaired) electrons. The summed E-state index contributed by atoms with van der Waals surface area (Å²) in [5.41, 5.74) is 1.97. The van der Waals surface area contributed by atoms with E-state index >= 15 is 0 Å². The summed E-state index contributed by atoms with van der Waals surface area (Å²) in [6, 6.07) is 9.22. The largest absolute Gasteiger partial charge is 0.313 e. The molecule has 0 aliphatic carbocycles. The summed E-state index contributed by atoms with van der Waals surface area (Å²) in [4.78, 5) is 0. The highest BCUT2D eigenvalue weighted by atomic mass is 32.2. The van der Waals surface area contributed by atoms with E-state index in [1.165, 1.54) is 0 Å². The molecule has 0 bridgehead atoms. The SMILES string of the molecule is O=S(=O)(Cc1ccccc1)NCC1=CCNCC1. The van der Waals surface area contributed by atoms with Crippen molar-refractivity contribution in [2.24, 2.45) is 0 Å². The number of hydrogen-bond donors (Lipinski definition) is 2. The Morgan fingerprint density at radius 1 is 1.22 bits per heavy atom. The van der Waals surface area contributed by atoms with Crippen molar-refractivity contribution in [2.75, 3.05) is 19.6 Å². The van der Waals surface area contributed by atoms with Crippen molar-refractivity contribution in [3.8, 4) is 0 Å². The molecule has 1 heterocycles. The van der Waals surface area contributed by atoms with Crippen LogP contribution in [0.2, 0.25) is 0 Å². The summed E-state index contributed by atoms with van der Waals surface area (Å²) in [6.07, 6.45) is 2.96. The Morgan fingerprint density at radius 2 is 2.00 bits per heavy atom. The first-order valence-electron chi connectivity index (χ1n) is 6.06. The van der Waals surface area contributed by atoms with Crippen molar-refractivity contribution >= 4 is 10.0 Å². The van der Waals surface area contributed by atoms with Crippen molar-refractivity contribution in [2.45, 2.75) is 12.2 Å². The third-order valence-electron chi connectivity index (χ3n) is 2.88. The number of sulfonamides is 1. The first kappa shape index (κ1) is 13.3. The van der Waals surface area contributed by atoms with Crippen LogP contribution < -0.4 is 10.0 Å². The Kier molecular flexibility index (Phi) is 4.52. The molecular weight excluding hydrogens is 248 g/mol. The maximum absolute atomic E-state index is 11.9. The van der Waals surface area contributed by atoms with Gasteiger partial charge in [0.15, 0.2) is 0 Å². The molecule has 1 aliphatic heterocycles. The Morgan fingerprint density at radius 3 is 2.67 bits per heavy atom. The van der Waals surface area contributed by atoms with Gasteiger partial charge in [0.2, 0.25) is 10.0 Å². The van der Waals surface area contributed by atoms with E-state index in [1.54, 1.807) is 0 Å². The third-order valence-corrected chi connectivity index (χ3v) is 4.17. The highest BCUT2D eigenvalue weighted by molar-refractivity contribution is 7.88. The minimum absolute atomic E-state index is 0.0410. The maximum Gasteiger partial charge on any atom is 0.216 e. The van der Waals surface area contributed by atoms with Crippen LogP contribution in [0.25, 0.3) is 0 Å².